The zero-order chi connectivity index (χ0) is 15.4. The molecule has 0 aliphatic carbocycles. The smallest absolute Gasteiger partial charge is 0.312 e. The number of benzene rings is 2. The van der Waals surface area contributed by atoms with Crippen LogP contribution in [0.25, 0.3) is 0 Å². The van der Waals surface area contributed by atoms with Crippen LogP contribution < -0.4 is 4.74 Å². The van der Waals surface area contributed by atoms with E-state index in [2.05, 4.69) is 22.6 Å². The van der Waals surface area contributed by atoms with E-state index in [1.807, 2.05) is 0 Å². The minimum Gasteiger partial charge on any atom is -0.477 e. The number of ether oxygens (including phenoxy) is 1. The number of rotatable bonds is 5. The van der Waals surface area contributed by atoms with Gasteiger partial charge < -0.3 is 4.74 Å². The number of halogens is 2. The van der Waals surface area contributed by atoms with E-state index < -0.39 is 4.92 Å². The highest BCUT2D eigenvalue weighted by atomic mass is 127. The number of nitrogens with zero attached hydrogens (tertiary/aromatic N) is 1. The molecule has 7 heteroatoms. The zero-order valence-corrected chi connectivity index (χ0v) is 13.5. The van der Waals surface area contributed by atoms with E-state index in [-0.39, 0.29) is 28.8 Å². The molecule has 0 amide bonds. The molecule has 21 heavy (non-hydrogen) atoms. The first-order valence-electron chi connectivity index (χ1n) is 5.83. The van der Waals surface area contributed by atoms with Crippen LogP contribution in [-0.4, -0.2) is 17.3 Å². The Kier molecular flexibility index (Phi) is 5.13. The van der Waals surface area contributed by atoms with Gasteiger partial charge in [-0.1, -0.05) is 29.8 Å². The molecule has 2 aromatic carbocycles. The van der Waals surface area contributed by atoms with Gasteiger partial charge in [-0.2, -0.15) is 0 Å². The van der Waals surface area contributed by atoms with Crippen LogP contribution in [0.1, 0.15) is 10.4 Å². The minimum absolute atomic E-state index is 0.0944. The number of hydrogen-bond donors (Lipinski definition) is 0. The van der Waals surface area contributed by atoms with Crippen molar-refractivity contribution in [3.63, 3.8) is 0 Å². The number of hydrogen-bond acceptors (Lipinski definition) is 4. The molecule has 0 bridgehead atoms. The molecule has 0 spiro atoms. The summed E-state index contributed by atoms with van der Waals surface area (Å²) in [5, 5.41) is 11.0. The number of carbonyl (C=O) groups excluding carboxylic acids is 1. The highest BCUT2D eigenvalue weighted by Gasteiger charge is 2.19. The molecule has 0 heterocycles. The van der Waals surface area contributed by atoms with E-state index in [1.54, 1.807) is 24.3 Å². The average Bonchev–Trinajstić information content (AvgIpc) is 2.46. The number of nitro groups is 1. The molecule has 0 saturated carbocycles. The number of Topliss-reactive ketones (excluding diaryl/α,β-unsaturated/α-hetero) is 1. The molecule has 5 nitrogen and oxygen atoms in total. The third-order valence-corrected chi connectivity index (χ3v) is 3.67. The van der Waals surface area contributed by atoms with Crippen molar-refractivity contribution in [3.05, 3.63) is 66.7 Å². The molecule has 0 aromatic heterocycles. The Morgan fingerprint density at radius 3 is 2.52 bits per heavy atom. The molecule has 108 valence electrons. The zero-order valence-electron chi connectivity index (χ0n) is 10.6. The maximum atomic E-state index is 12.0. The monoisotopic (exact) mass is 417 g/mol. The molecule has 0 saturated heterocycles. The lowest BCUT2D eigenvalue weighted by Gasteiger charge is -2.08. The van der Waals surface area contributed by atoms with Crippen molar-refractivity contribution in [1.82, 2.24) is 0 Å². The Morgan fingerprint density at radius 2 is 1.90 bits per heavy atom. The Hall–Kier alpha value is -1.67. The lowest BCUT2D eigenvalue weighted by Crippen LogP contribution is -2.12. The first-order chi connectivity index (χ1) is 9.99. The van der Waals surface area contributed by atoms with Gasteiger partial charge in [0.15, 0.2) is 12.4 Å². The van der Waals surface area contributed by atoms with Gasteiger partial charge in [0.05, 0.1) is 9.95 Å². The van der Waals surface area contributed by atoms with Crippen LogP contribution in [0.15, 0.2) is 42.5 Å². The van der Waals surface area contributed by atoms with E-state index >= 15 is 0 Å². The lowest BCUT2D eigenvalue weighted by molar-refractivity contribution is -0.385. The molecule has 2 aromatic rings. The van der Waals surface area contributed by atoms with E-state index in [0.717, 1.165) is 3.57 Å². The van der Waals surface area contributed by atoms with Gasteiger partial charge in [-0.05, 0) is 40.8 Å². The van der Waals surface area contributed by atoms with Gasteiger partial charge in [-0.25, -0.2) is 0 Å². The van der Waals surface area contributed by atoms with Crippen molar-refractivity contribution >= 4 is 45.7 Å². The fraction of sp³-hybridized carbons (Fsp3) is 0.0714. The second-order valence-corrected chi connectivity index (χ2v) is 5.72. The van der Waals surface area contributed by atoms with Gasteiger partial charge in [-0.15, -0.1) is 0 Å². The third kappa shape index (κ3) is 3.92. The summed E-state index contributed by atoms with van der Waals surface area (Å²) in [6.07, 6.45) is 0. The topological polar surface area (TPSA) is 69.4 Å². The van der Waals surface area contributed by atoms with Gasteiger partial charge in [-0.3, -0.25) is 14.9 Å². The SMILES string of the molecule is O=C(COc1c(Cl)cccc1[N+](=O)[O-])c1ccc(I)cc1. The predicted molar refractivity (Wildman–Crippen MR) is 87.1 cm³/mol. The van der Waals surface area contributed by atoms with Crippen molar-refractivity contribution in [2.45, 2.75) is 0 Å². The summed E-state index contributed by atoms with van der Waals surface area (Å²) in [4.78, 5) is 22.3. The average molecular weight is 418 g/mol. The Bertz CT molecular complexity index is 688. The van der Waals surface area contributed by atoms with Crippen molar-refractivity contribution < 1.29 is 14.5 Å². The van der Waals surface area contributed by atoms with Crippen LogP contribution in [0, 0.1) is 13.7 Å². The normalized spacial score (nSPS) is 10.2. The fourth-order valence-electron chi connectivity index (χ4n) is 1.64. The van der Waals surface area contributed by atoms with E-state index in [1.165, 1.54) is 18.2 Å². The van der Waals surface area contributed by atoms with Gasteiger partial charge >= 0.3 is 5.69 Å². The highest BCUT2D eigenvalue weighted by Crippen LogP contribution is 2.34. The summed E-state index contributed by atoms with van der Waals surface area (Å²) in [5.41, 5.74) is 0.211. The van der Waals surface area contributed by atoms with E-state index in [4.69, 9.17) is 16.3 Å². The number of para-hydroxylation sites is 1. The van der Waals surface area contributed by atoms with Crippen molar-refractivity contribution in [2.75, 3.05) is 6.61 Å². The van der Waals surface area contributed by atoms with Gasteiger partial charge in [0.1, 0.15) is 0 Å². The Labute approximate surface area is 139 Å². The summed E-state index contributed by atoms with van der Waals surface area (Å²) in [6, 6.07) is 11.1. The summed E-state index contributed by atoms with van der Waals surface area (Å²) in [7, 11) is 0. The third-order valence-electron chi connectivity index (χ3n) is 2.66. The molecular formula is C14H9ClINO4. The second-order valence-electron chi connectivity index (χ2n) is 4.06. The van der Waals surface area contributed by atoms with Crippen LogP contribution in [0.4, 0.5) is 5.69 Å². The quantitative estimate of drug-likeness (QED) is 0.318. The van der Waals surface area contributed by atoms with Gasteiger partial charge in [0, 0.05) is 15.2 Å². The van der Waals surface area contributed by atoms with Crippen molar-refractivity contribution in [3.8, 4) is 5.75 Å². The highest BCUT2D eigenvalue weighted by molar-refractivity contribution is 14.1. The van der Waals surface area contributed by atoms with Crippen LogP contribution in [0.2, 0.25) is 5.02 Å². The van der Waals surface area contributed by atoms with E-state index in [9.17, 15) is 14.9 Å². The molecule has 0 N–H and O–H groups in total. The standard InChI is InChI=1S/C14H9ClINO4/c15-11-2-1-3-12(17(19)20)14(11)21-8-13(18)9-4-6-10(16)7-5-9/h1-7H,8H2. The largest absolute Gasteiger partial charge is 0.477 e. The predicted octanol–water partition coefficient (Wildman–Crippen LogP) is 4.11. The van der Waals surface area contributed by atoms with E-state index in [0.29, 0.717) is 5.56 Å². The molecule has 0 unspecified atom stereocenters. The molecule has 0 radical (unpaired) electrons. The molecule has 0 aliphatic heterocycles. The maximum Gasteiger partial charge on any atom is 0.312 e. The lowest BCUT2D eigenvalue weighted by atomic mass is 10.1. The first kappa shape index (κ1) is 15.7. The van der Waals surface area contributed by atoms with Crippen molar-refractivity contribution in [2.24, 2.45) is 0 Å². The first-order valence-corrected chi connectivity index (χ1v) is 7.29. The molecule has 0 fully saturated rings. The number of carbonyl (C=O) groups is 1. The second kappa shape index (κ2) is 6.86. The Balaban J connectivity index is 2.15. The summed E-state index contributed by atoms with van der Waals surface area (Å²) in [5.74, 6) is -0.372. The summed E-state index contributed by atoms with van der Waals surface area (Å²) < 4.78 is 6.26. The van der Waals surface area contributed by atoms with Crippen LogP contribution in [0.3, 0.4) is 0 Å². The number of nitro benzene ring substituents is 1. The summed E-state index contributed by atoms with van der Waals surface area (Å²) in [6.45, 7) is -0.314. The number of ketones is 1. The van der Waals surface area contributed by atoms with Crippen LogP contribution in [0.5, 0.6) is 5.75 Å². The van der Waals surface area contributed by atoms with Gasteiger partial charge in [0.25, 0.3) is 0 Å². The van der Waals surface area contributed by atoms with Crippen molar-refractivity contribution in [1.29, 1.82) is 0 Å². The fourth-order valence-corrected chi connectivity index (χ4v) is 2.22. The maximum absolute atomic E-state index is 12.0. The van der Waals surface area contributed by atoms with Crippen LogP contribution >= 0.6 is 34.2 Å². The molecular weight excluding hydrogens is 409 g/mol. The summed E-state index contributed by atoms with van der Waals surface area (Å²) >= 11 is 8.01. The molecule has 0 aliphatic rings. The van der Waals surface area contributed by atoms with Crippen LogP contribution in [-0.2, 0) is 0 Å². The molecule has 0 atom stereocenters. The molecule has 2 rings (SSSR count). The van der Waals surface area contributed by atoms with Gasteiger partial charge in [0.2, 0.25) is 5.75 Å². The Morgan fingerprint density at radius 1 is 1.24 bits per heavy atom. The minimum atomic E-state index is -0.601.